The van der Waals surface area contributed by atoms with Crippen LogP contribution in [0.3, 0.4) is 0 Å². The molecule has 138 valence electrons. The Hall–Kier alpha value is -3.32. The molecule has 1 aromatic heterocycles. The third-order valence-corrected chi connectivity index (χ3v) is 4.52. The molecule has 3 aromatic rings. The first-order chi connectivity index (χ1) is 13.1. The van der Waals surface area contributed by atoms with E-state index >= 15 is 0 Å². The Morgan fingerprint density at radius 2 is 1.37 bits per heavy atom. The van der Waals surface area contributed by atoms with Gasteiger partial charge in [-0.1, -0.05) is 18.2 Å². The van der Waals surface area contributed by atoms with Gasteiger partial charge in [-0.25, -0.2) is 0 Å². The Morgan fingerprint density at radius 3 is 1.85 bits per heavy atom. The number of rotatable bonds is 6. The minimum absolute atomic E-state index is 0.252. The topological polar surface area (TPSA) is 76.7 Å². The minimum atomic E-state index is -0.272. The molecule has 27 heavy (non-hydrogen) atoms. The number of amides is 2. The highest BCUT2D eigenvalue weighted by Crippen LogP contribution is 2.37. The van der Waals surface area contributed by atoms with Crippen molar-refractivity contribution in [3.63, 3.8) is 0 Å². The zero-order valence-corrected chi connectivity index (χ0v) is 15.6. The first-order valence-electron chi connectivity index (χ1n) is 8.08. The average Bonchev–Trinajstić information content (AvgIpc) is 3.24. The van der Waals surface area contributed by atoms with E-state index in [0.717, 1.165) is 0 Å². The van der Waals surface area contributed by atoms with Crippen molar-refractivity contribution in [2.45, 2.75) is 0 Å². The first-order valence-corrected chi connectivity index (χ1v) is 9.02. The molecule has 0 spiro atoms. The summed E-state index contributed by atoms with van der Waals surface area (Å²) in [4.78, 5) is 24.7. The van der Waals surface area contributed by atoms with E-state index in [4.69, 9.17) is 9.47 Å². The summed E-state index contributed by atoms with van der Waals surface area (Å²) < 4.78 is 10.7. The summed E-state index contributed by atoms with van der Waals surface area (Å²) in [7, 11) is 2.98. The summed E-state index contributed by atoms with van der Waals surface area (Å²) in [5, 5.41) is 9.19. The number of benzene rings is 2. The predicted octanol–water partition coefficient (Wildman–Crippen LogP) is 4.27. The van der Waals surface area contributed by atoms with Crippen LogP contribution in [-0.2, 0) is 0 Å². The maximum Gasteiger partial charge on any atom is 0.256 e. The second-order valence-corrected chi connectivity index (χ2v) is 6.32. The molecule has 0 atom stereocenters. The lowest BCUT2D eigenvalue weighted by molar-refractivity contribution is 0.101. The molecule has 0 aliphatic rings. The molecule has 2 N–H and O–H groups in total. The van der Waals surface area contributed by atoms with Crippen LogP contribution in [0.4, 0.5) is 11.4 Å². The fourth-order valence-corrected chi connectivity index (χ4v) is 3.10. The monoisotopic (exact) mass is 382 g/mol. The van der Waals surface area contributed by atoms with Crippen molar-refractivity contribution in [3.8, 4) is 11.5 Å². The van der Waals surface area contributed by atoms with Gasteiger partial charge in [-0.15, -0.1) is 0 Å². The summed E-state index contributed by atoms with van der Waals surface area (Å²) in [6.07, 6.45) is 0. The van der Waals surface area contributed by atoms with Gasteiger partial charge >= 0.3 is 0 Å². The van der Waals surface area contributed by atoms with E-state index in [0.29, 0.717) is 34.0 Å². The van der Waals surface area contributed by atoms with Crippen molar-refractivity contribution in [2.75, 3.05) is 24.9 Å². The number of nitrogens with one attached hydrogen (secondary N) is 2. The van der Waals surface area contributed by atoms with Crippen molar-refractivity contribution in [2.24, 2.45) is 0 Å². The molecule has 0 aliphatic heterocycles. The van der Waals surface area contributed by atoms with E-state index in [2.05, 4.69) is 10.6 Å². The number of methoxy groups -OCH3 is 2. The first kappa shape index (κ1) is 18.5. The third-order valence-electron chi connectivity index (χ3n) is 3.84. The quantitative estimate of drug-likeness (QED) is 0.667. The SMILES string of the molecule is COc1cc(NC(=O)c2ccsc2)c(OC)cc1NC(=O)c1ccccc1. The minimum Gasteiger partial charge on any atom is -0.494 e. The van der Waals surface area contributed by atoms with Gasteiger partial charge in [0.05, 0.1) is 31.2 Å². The number of carbonyl (C=O) groups is 2. The Morgan fingerprint density at radius 1 is 0.815 bits per heavy atom. The molecule has 0 aliphatic carbocycles. The van der Waals surface area contributed by atoms with Crippen LogP contribution in [0.15, 0.2) is 59.3 Å². The number of hydrogen-bond donors (Lipinski definition) is 2. The zero-order chi connectivity index (χ0) is 19.2. The normalized spacial score (nSPS) is 10.1. The van der Waals surface area contributed by atoms with Crippen LogP contribution in [-0.4, -0.2) is 26.0 Å². The van der Waals surface area contributed by atoms with Crippen molar-refractivity contribution in [1.29, 1.82) is 0 Å². The lowest BCUT2D eigenvalue weighted by Gasteiger charge is -2.16. The summed E-state index contributed by atoms with van der Waals surface area (Å²) in [5.74, 6) is 0.284. The molecule has 3 rings (SSSR count). The fourth-order valence-electron chi connectivity index (χ4n) is 2.47. The van der Waals surface area contributed by atoms with E-state index in [1.807, 2.05) is 11.4 Å². The summed E-state index contributed by atoms with van der Waals surface area (Å²) in [6, 6.07) is 13.8. The van der Waals surface area contributed by atoms with Gasteiger partial charge in [0.1, 0.15) is 11.5 Å². The third kappa shape index (κ3) is 4.27. The van der Waals surface area contributed by atoms with Gasteiger partial charge in [0.15, 0.2) is 0 Å². The number of anilines is 2. The standard InChI is InChI=1S/C20H18N2O4S/c1-25-17-11-16(22-20(24)14-8-9-27-12-14)18(26-2)10-15(17)21-19(23)13-6-4-3-5-7-13/h3-12H,1-2H3,(H,21,23)(H,22,24). The van der Waals surface area contributed by atoms with E-state index in [1.54, 1.807) is 47.8 Å². The van der Waals surface area contributed by atoms with E-state index in [-0.39, 0.29) is 11.8 Å². The molecule has 6 nitrogen and oxygen atoms in total. The molecular weight excluding hydrogens is 364 g/mol. The Balaban J connectivity index is 1.87. The summed E-state index contributed by atoms with van der Waals surface area (Å²) >= 11 is 1.44. The molecule has 1 heterocycles. The molecule has 0 saturated carbocycles. The van der Waals surface area contributed by atoms with Gasteiger partial charge in [0.25, 0.3) is 11.8 Å². The van der Waals surface area contributed by atoms with Crippen LogP contribution in [0.25, 0.3) is 0 Å². The highest BCUT2D eigenvalue weighted by atomic mass is 32.1. The number of thiophene rings is 1. The zero-order valence-electron chi connectivity index (χ0n) is 14.8. The molecular formula is C20H18N2O4S. The van der Waals surface area contributed by atoms with Gasteiger partial charge < -0.3 is 20.1 Å². The Bertz CT molecular complexity index is 940. The van der Waals surface area contributed by atoms with Crippen LogP contribution < -0.4 is 20.1 Å². The molecule has 7 heteroatoms. The number of ether oxygens (including phenoxy) is 2. The van der Waals surface area contributed by atoms with Gasteiger partial charge in [0.2, 0.25) is 0 Å². The van der Waals surface area contributed by atoms with Gasteiger partial charge in [-0.3, -0.25) is 9.59 Å². The van der Waals surface area contributed by atoms with E-state index in [9.17, 15) is 9.59 Å². The number of carbonyl (C=O) groups excluding carboxylic acids is 2. The summed E-state index contributed by atoms with van der Waals surface area (Å²) in [6.45, 7) is 0. The Labute approximate surface area is 160 Å². The van der Waals surface area contributed by atoms with Crippen LogP contribution in [0.5, 0.6) is 11.5 Å². The highest BCUT2D eigenvalue weighted by molar-refractivity contribution is 7.08. The largest absolute Gasteiger partial charge is 0.494 e. The smallest absolute Gasteiger partial charge is 0.256 e. The molecule has 0 saturated heterocycles. The average molecular weight is 382 g/mol. The maximum absolute atomic E-state index is 12.4. The summed E-state index contributed by atoms with van der Waals surface area (Å²) in [5.41, 5.74) is 1.97. The van der Waals surface area contributed by atoms with Gasteiger partial charge in [-0.2, -0.15) is 11.3 Å². The number of hydrogen-bond acceptors (Lipinski definition) is 5. The van der Waals surface area contributed by atoms with Crippen molar-refractivity contribution < 1.29 is 19.1 Å². The maximum atomic E-state index is 12.4. The highest BCUT2D eigenvalue weighted by Gasteiger charge is 2.16. The predicted molar refractivity (Wildman–Crippen MR) is 106 cm³/mol. The van der Waals surface area contributed by atoms with Crippen LogP contribution in [0, 0.1) is 0 Å². The van der Waals surface area contributed by atoms with Crippen LogP contribution >= 0.6 is 11.3 Å². The fraction of sp³-hybridized carbons (Fsp3) is 0.100. The van der Waals surface area contributed by atoms with Crippen LogP contribution in [0.2, 0.25) is 0 Å². The Kier molecular flexibility index (Phi) is 5.73. The second-order valence-electron chi connectivity index (χ2n) is 5.54. The van der Waals surface area contributed by atoms with Crippen molar-refractivity contribution in [3.05, 3.63) is 70.4 Å². The molecule has 0 bridgehead atoms. The van der Waals surface area contributed by atoms with Gasteiger partial charge in [0, 0.05) is 23.1 Å². The van der Waals surface area contributed by atoms with E-state index < -0.39 is 0 Å². The lowest BCUT2D eigenvalue weighted by Crippen LogP contribution is -2.14. The van der Waals surface area contributed by atoms with Gasteiger partial charge in [-0.05, 0) is 23.6 Å². The molecule has 0 fully saturated rings. The second kappa shape index (κ2) is 8.37. The van der Waals surface area contributed by atoms with Crippen molar-refractivity contribution in [1.82, 2.24) is 0 Å². The lowest BCUT2D eigenvalue weighted by atomic mass is 10.2. The molecule has 0 radical (unpaired) electrons. The molecule has 0 unspecified atom stereocenters. The van der Waals surface area contributed by atoms with Crippen LogP contribution in [0.1, 0.15) is 20.7 Å². The molecule has 2 amide bonds. The molecule has 2 aromatic carbocycles. The van der Waals surface area contributed by atoms with Crippen molar-refractivity contribution >= 4 is 34.5 Å². The van der Waals surface area contributed by atoms with E-state index in [1.165, 1.54) is 25.6 Å².